The summed E-state index contributed by atoms with van der Waals surface area (Å²) in [6.07, 6.45) is 2.78. The SMILES string of the molecule is CC(CCCN)C(=O)C1CCOC1. The third-order valence-corrected chi connectivity index (χ3v) is 2.66. The second-order valence-corrected chi connectivity index (χ2v) is 3.79. The molecule has 3 nitrogen and oxygen atoms in total. The second-order valence-electron chi connectivity index (χ2n) is 3.79. The van der Waals surface area contributed by atoms with E-state index in [1.54, 1.807) is 0 Å². The summed E-state index contributed by atoms with van der Waals surface area (Å²) in [6, 6.07) is 0. The molecule has 0 spiro atoms. The number of hydrogen-bond donors (Lipinski definition) is 1. The highest BCUT2D eigenvalue weighted by molar-refractivity contribution is 5.83. The first-order valence-corrected chi connectivity index (χ1v) is 5.07. The highest BCUT2D eigenvalue weighted by atomic mass is 16.5. The van der Waals surface area contributed by atoms with Crippen LogP contribution in [0.3, 0.4) is 0 Å². The van der Waals surface area contributed by atoms with E-state index in [2.05, 4.69) is 0 Å². The summed E-state index contributed by atoms with van der Waals surface area (Å²) in [4.78, 5) is 11.7. The molecule has 1 saturated heterocycles. The van der Waals surface area contributed by atoms with Gasteiger partial charge in [-0.2, -0.15) is 0 Å². The molecule has 0 bridgehead atoms. The maximum Gasteiger partial charge on any atom is 0.141 e. The van der Waals surface area contributed by atoms with Crippen molar-refractivity contribution in [2.24, 2.45) is 17.6 Å². The van der Waals surface area contributed by atoms with Gasteiger partial charge in [0.1, 0.15) is 5.78 Å². The number of ether oxygens (including phenoxy) is 1. The molecule has 2 N–H and O–H groups in total. The lowest BCUT2D eigenvalue weighted by Crippen LogP contribution is -2.22. The van der Waals surface area contributed by atoms with Crippen molar-refractivity contribution in [1.29, 1.82) is 0 Å². The summed E-state index contributed by atoms with van der Waals surface area (Å²) in [7, 11) is 0. The molecule has 0 amide bonds. The fourth-order valence-electron chi connectivity index (χ4n) is 1.73. The summed E-state index contributed by atoms with van der Waals surface area (Å²) < 4.78 is 5.19. The van der Waals surface area contributed by atoms with Crippen LogP contribution in [0.4, 0.5) is 0 Å². The van der Waals surface area contributed by atoms with Crippen molar-refractivity contribution in [3.8, 4) is 0 Å². The van der Waals surface area contributed by atoms with Crippen LogP contribution in [-0.4, -0.2) is 25.5 Å². The normalized spacial score (nSPS) is 24.6. The monoisotopic (exact) mass is 185 g/mol. The third-order valence-electron chi connectivity index (χ3n) is 2.66. The Balaban J connectivity index is 2.28. The third kappa shape index (κ3) is 3.08. The van der Waals surface area contributed by atoms with Gasteiger partial charge in [-0.25, -0.2) is 0 Å². The van der Waals surface area contributed by atoms with E-state index < -0.39 is 0 Å². The number of Topliss-reactive ketones (excluding diaryl/α,β-unsaturated/α-hetero) is 1. The maximum absolute atomic E-state index is 11.7. The minimum atomic E-state index is 0.160. The molecule has 0 radical (unpaired) electrons. The minimum Gasteiger partial charge on any atom is -0.381 e. The van der Waals surface area contributed by atoms with Gasteiger partial charge < -0.3 is 10.5 Å². The standard InChI is InChI=1S/C10H19NO2/c1-8(3-2-5-11)10(12)9-4-6-13-7-9/h8-9H,2-7,11H2,1H3. The fraction of sp³-hybridized carbons (Fsp3) is 0.900. The molecule has 0 aliphatic carbocycles. The van der Waals surface area contributed by atoms with Crippen LogP contribution in [0.5, 0.6) is 0 Å². The van der Waals surface area contributed by atoms with Crippen molar-refractivity contribution in [3.63, 3.8) is 0 Å². The van der Waals surface area contributed by atoms with Crippen LogP contribution >= 0.6 is 0 Å². The fourth-order valence-corrected chi connectivity index (χ4v) is 1.73. The predicted octanol–water partition coefficient (Wildman–Crippen LogP) is 0.967. The smallest absolute Gasteiger partial charge is 0.141 e. The van der Waals surface area contributed by atoms with Crippen molar-refractivity contribution in [1.82, 2.24) is 0 Å². The Bertz CT molecular complexity index is 164. The zero-order valence-corrected chi connectivity index (χ0v) is 8.29. The summed E-state index contributed by atoms with van der Waals surface area (Å²) in [5.41, 5.74) is 5.39. The van der Waals surface area contributed by atoms with Crippen molar-refractivity contribution in [3.05, 3.63) is 0 Å². The molecule has 3 heteroatoms. The van der Waals surface area contributed by atoms with Gasteiger partial charge in [0.25, 0.3) is 0 Å². The molecule has 0 aromatic heterocycles. The van der Waals surface area contributed by atoms with Gasteiger partial charge in [-0.3, -0.25) is 4.79 Å². The summed E-state index contributed by atoms with van der Waals surface area (Å²) in [5, 5.41) is 0. The second kappa shape index (κ2) is 5.35. The lowest BCUT2D eigenvalue weighted by molar-refractivity contribution is -0.126. The molecule has 0 saturated carbocycles. The van der Waals surface area contributed by atoms with E-state index in [1.165, 1.54) is 0 Å². The van der Waals surface area contributed by atoms with Gasteiger partial charge in [0.05, 0.1) is 6.61 Å². The average Bonchev–Trinajstić information content (AvgIpc) is 2.65. The number of carbonyl (C=O) groups excluding carboxylic acids is 1. The number of ketones is 1. The van der Waals surface area contributed by atoms with E-state index in [0.717, 1.165) is 25.9 Å². The molecule has 1 aliphatic rings. The molecular formula is C10H19NO2. The van der Waals surface area contributed by atoms with E-state index >= 15 is 0 Å². The topological polar surface area (TPSA) is 52.3 Å². The Kier molecular flexibility index (Phi) is 4.39. The molecule has 0 aromatic carbocycles. The predicted molar refractivity (Wildman–Crippen MR) is 51.4 cm³/mol. The Morgan fingerprint density at radius 1 is 1.69 bits per heavy atom. The van der Waals surface area contributed by atoms with Crippen molar-refractivity contribution < 1.29 is 9.53 Å². The molecule has 1 rings (SSSR count). The van der Waals surface area contributed by atoms with Crippen molar-refractivity contribution in [2.45, 2.75) is 26.2 Å². The maximum atomic E-state index is 11.7. The number of hydrogen-bond acceptors (Lipinski definition) is 3. The number of carbonyl (C=O) groups is 1. The number of rotatable bonds is 5. The highest BCUT2D eigenvalue weighted by Gasteiger charge is 2.26. The first-order chi connectivity index (χ1) is 6.25. The van der Waals surface area contributed by atoms with Gasteiger partial charge in [0, 0.05) is 18.4 Å². The van der Waals surface area contributed by atoms with Crippen molar-refractivity contribution >= 4 is 5.78 Å². The van der Waals surface area contributed by atoms with Gasteiger partial charge in [-0.05, 0) is 25.8 Å². The molecule has 76 valence electrons. The van der Waals surface area contributed by atoms with Crippen LogP contribution in [0.2, 0.25) is 0 Å². The van der Waals surface area contributed by atoms with Crippen LogP contribution in [0, 0.1) is 11.8 Å². The number of nitrogens with two attached hydrogens (primary N) is 1. The van der Waals surface area contributed by atoms with Gasteiger partial charge in [-0.15, -0.1) is 0 Å². The zero-order valence-electron chi connectivity index (χ0n) is 8.29. The molecule has 0 aromatic rings. The van der Waals surface area contributed by atoms with Crippen LogP contribution in [-0.2, 0) is 9.53 Å². The lowest BCUT2D eigenvalue weighted by Gasteiger charge is -2.13. The molecule has 2 unspecified atom stereocenters. The Labute approximate surface area is 79.6 Å². The first kappa shape index (κ1) is 10.7. The molecule has 1 heterocycles. The van der Waals surface area contributed by atoms with Crippen LogP contribution in [0.15, 0.2) is 0 Å². The Morgan fingerprint density at radius 3 is 3.00 bits per heavy atom. The molecule has 13 heavy (non-hydrogen) atoms. The van der Waals surface area contributed by atoms with Gasteiger partial charge >= 0.3 is 0 Å². The Morgan fingerprint density at radius 2 is 2.46 bits per heavy atom. The lowest BCUT2D eigenvalue weighted by atomic mass is 9.90. The minimum absolute atomic E-state index is 0.160. The van der Waals surface area contributed by atoms with Crippen molar-refractivity contribution in [2.75, 3.05) is 19.8 Å². The van der Waals surface area contributed by atoms with Crippen LogP contribution in [0.25, 0.3) is 0 Å². The van der Waals surface area contributed by atoms with Gasteiger partial charge in [-0.1, -0.05) is 6.92 Å². The highest BCUT2D eigenvalue weighted by Crippen LogP contribution is 2.20. The average molecular weight is 185 g/mol. The van der Waals surface area contributed by atoms with Gasteiger partial charge in [0.2, 0.25) is 0 Å². The van der Waals surface area contributed by atoms with E-state index in [1.807, 2.05) is 6.92 Å². The largest absolute Gasteiger partial charge is 0.381 e. The molecule has 2 atom stereocenters. The molecule has 1 fully saturated rings. The van der Waals surface area contributed by atoms with E-state index in [4.69, 9.17) is 10.5 Å². The van der Waals surface area contributed by atoms with E-state index in [0.29, 0.717) is 18.9 Å². The Hall–Kier alpha value is -0.410. The summed E-state index contributed by atoms with van der Waals surface area (Å²) in [5.74, 6) is 0.689. The molecule has 1 aliphatic heterocycles. The quantitative estimate of drug-likeness (QED) is 0.694. The summed E-state index contributed by atoms with van der Waals surface area (Å²) in [6.45, 7) is 4.06. The van der Waals surface area contributed by atoms with E-state index in [-0.39, 0.29) is 11.8 Å². The first-order valence-electron chi connectivity index (χ1n) is 5.07. The summed E-state index contributed by atoms with van der Waals surface area (Å²) >= 11 is 0. The van der Waals surface area contributed by atoms with Gasteiger partial charge in [0.15, 0.2) is 0 Å². The van der Waals surface area contributed by atoms with Crippen LogP contribution < -0.4 is 5.73 Å². The zero-order chi connectivity index (χ0) is 9.68. The molecular weight excluding hydrogens is 166 g/mol. The van der Waals surface area contributed by atoms with E-state index in [9.17, 15) is 4.79 Å². The van der Waals surface area contributed by atoms with Crippen LogP contribution in [0.1, 0.15) is 26.2 Å².